The van der Waals surface area contributed by atoms with Crippen molar-refractivity contribution in [2.45, 2.75) is 25.9 Å². The number of carbonyl (C=O) groups is 1. The lowest BCUT2D eigenvalue weighted by Crippen LogP contribution is -2.52. The monoisotopic (exact) mass is 330 g/mol. The zero-order valence-electron chi connectivity index (χ0n) is 11.8. The van der Waals surface area contributed by atoms with Crippen LogP contribution in [0.5, 0.6) is 0 Å². The first-order chi connectivity index (χ1) is 9.85. The maximum absolute atomic E-state index is 12.5. The highest BCUT2D eigenvalue weighted by Gasteiger charge is 2.38. The minimum absolute atomic E-state index is 0.0809. The first-order valence-electron chi connectivity index (χ1n) is 6.76. The standard InChI is InChI=1S/C14H19ClN2O3S/c1-10(7-15)9-21(19,20)17-8-12-5-3-2-4-11(12)6-13(17)14(16)18/h2-5,10,13H,6-9H2,1H3,(H2,16,18)/t10?,13-/m0/s1. The van der Waals surface area contributed by atoms with E-state index in [2.05, 4.69) is 0 Å². The summed E-state index contributed by atoms with van der Waals surface area (Å²) >= 11 is 5.70. The lowest BCUT2D eigenvalue weighted by Gasteiger charge is -2.34. The van der Waals surface area contributed by atoms with Gasteiger partial charge in [-0.15, -0.1) is 11.6 Å². The number of halogens is 1. The van der Waals surface area contributed by atoms with Crippen LogP contribution in [-0.4, -0.2) is 36.3 Å². The van der Waals surface area contributed by atoms with E-state index in [1.807, 2.05) is 24.3 Å². The van der Waals surface area contributed by atoms with Crippen molar-refractivity contribution in [3.05, 3.63) is 35.4 Å². The number of nitrogens with zero attached hydrogens (tertiary/aromatic N) is 1. The Bertz CT molecular complexity index is 633. The Labute approximate surface area is 130 Å². The summed E-state index contributed by atoms with van der Waals surface area (Å²) in [6.45, 7) is 1.95. The molecule has 7 heteroatoms. The van der Waals surface area contributed by atoms with Crippen LogP contribution in [0.25, 0.3) is 0 Å². The van der Waals surface area contributed by atoms with Crippen molar-refractivity contribution in [2.24, 2.45) is 11.7 Å². The zero-order valence-corrected chi connectivity index (χ0v) is 13.4. The average molecular weight is 331 g/mol. The number of amides is 1. The molecule has 21 heavy (non-hydrogen) atoms. The summed E-state index contributed by atoms with van der Waals surface area (Å²) < 4.78 is 26.3. The summed E-state index contributed by atoms with van der Waals surface area (Å²) in [6.07, 6.45) is 0.319. The van der Waals surface area contributed by atoms with Gasteiger partial charge in [0.2, 0.25) is 15.9 Å². The lowest BCUT2D eigenvalue weighted by molar-refractivity contribution is -0.122. The quantitative estimate of drug-likeness (QED) is 0.821. The number of sulfonamides is 1. The molecule has 1 aromatic rings. The van der Waals surface area contributed by atoms with Crippen LogP contribution < -0.4 is 5.73 Å². The highest BCUT2D eigenvalue weighted by molar-refractivity contribution is 7.89. The molecule has 2 N–H and O–H groups in total. The molecule has 0 saturated carbocycles. The van der Waals surface area contributed by atoms with Crippen LogP contribution in [0, 0.1) is 5.92 Å². The summed E-state index contributed by atoms with van der Waals surface area (Å²) in [7, 11) is -3.58. The molecule has 0 bridgehead atoms. The molecule has 1 aliphatic rings. The molecule has 0 saturated heterocycles. The summed E-state index contributed by atoms with van der Waals surface area (Å²) in [5.41, 5.74) is 7.29. The first-order valence-corrected chi connectivity index (χ1v) is 8.91. The Hall–Kier alpha value is -1.11. The maximum Gasteiger partial charge on any atom is 0.236 e. The number of hydrogen-bond acceptors (Lipinski definition) is 3. The van der Waals surface area contributed by atoms with E-state index in [1.165, 1.54) is 4.31 Å². The van der Waals surface area contributed by atoms with Gasteiger partial charge in [0, 0.05) is 12.4 Å². The third-order valence-corrected chi connectivity index (χ3v) is 6.27. The van der Waals surface area contributed by atoms with Crippen molar-refractivity contribution in [3.8, 4) is 0 Å². The summed E-state index contributed by atoms with van der Waals surface area (Å²) in [5, 5.41) is 0. The van der Waals surface area contributed by atoms with Crippen LogP contribution in [0.3, 0.4) is 0 Å². The minimum Gasteiger partial charge on any atom is -0.368 e. The summed E-state index contributed by atoms with van der Waals surface area (Å²) in [5.74, 6) is -0.623. The molecule has 1 aromatic carbocycles. The Morgan fingerprint density at radius 1 is 1.43 bits per heavy atom. The molecule has 1 unspecified atom stereocenters. The van der Waals surface area contributed by atoms with Gasteiger partial charge < -0.3 is 5.73 Å². The minimum atomic E-state index is -3.58. The van der Waals surface area contributed by atoms with E-state index in [1.54, 1.807) is 6.92 Å². The Morgan fingerprint density at radius 3 is 2.62 bits per heavy atom. The largest absolute Gasteiger partial charge is 0.368 e. The molecule has 1 aliphatic heterocycles. The van der Waals surface area contributed by atoms with Crippen LogP contribution >= 0.6 is 11.6 Å². The fraction of sp³-hybridized carbons (Fsp3) is 0.500. The highest BCUT2D eigenvalue weighted by atomic mass is 35.5. The first kappa shape index (κ1) is 16.3. The number of hydrogen-bond donors (Lipinski definition) is 1. The summed E-state index contributed by atoms with van der Waals surface area (Å²) in [4.78, 5) is 11.7. The molecule has 0 radical (unpaired) electrons. The molecule has 0 spiro atoms. The number of primary amides is 1. The number of carbonyl (C=O) groups excluding carboxylic acids is 1. The van der Waals surface area contributed by atoms with Crippen molar-refractivity contribution in [1.29, 1.82) is 0 Å². The van der Waals surface area contributed by atoms with E-state index in [-0.39, 0.29) is 24.1 Å². The predicted molar refractivity (Wildman–Crippen MR) is 82.3 cm³/mol. The molecule has 1 heterocycles. The van der Waals surface area contributed by atoms with E-state index >= 15 is 0 Å². The Morgan fingerprint density at radius 2 is 2.05 bits per heavy atom. The van der Waals surface area contributed by atoms with Gasteiger partial charge in [0.05, 0.1) is 5.75 Å². The SMILES string of the molecule is CC(CCl)CS(=O)(=O)N1Cc2ccccc2C[C@H]1C(N)=O. The molecule has 116 valence electrons. The molecular formula is C14H19ClN2O3S. The van der Waals surface area contributed by atoms with E-state index in [9.17, 15) is 13.2 Å². The molecule has 2 atom stereocenters. The highest BCUT2D eigenvalue weighted by Crippen LogP contribution is 2.26. The van der Waals surface area contributed by atoms with E-state index in [4.69, 9.17) is 17.3 Å². The van der Waals surface area contributed by atoms with E-state index in [0.29, 0.717) is 6.42 Å². The number of alkyl halides is 1. The molecule has 5 nitrogen and oxygen atoms in total. The maximum atomic E-state index is 12.5. The van der Waals surface area contributed by atoms with Crippen LogP contribution in [0.2, 0.25) is 0 Å². The predicted octanol–water partition coefficient (Wildman–Crippen LogP) is 1.10. The van der Waals surface area contributed by atoms with Gasteiger partial charge in [-0.25, -0.2) is 8.42 Å². The summed E-state index contributed by atoms with van der Waals surface area (Å²) in [6, 6.07) is 6.68. The Kier molecular flexibility index (Phi) is 4.91. The molecular weight excluding hydrogens is 312 g/mol. The number of nitrogens with two attached hydrogens (primary N) is 1. The van der Waals surface area contributed by atoms with Crippen molar-refractivity contribution >= 4 is 27.5 Å². The van der Waals surface area contributed by atoms with Gasteiger partial charge >= 0.3 is 0 Å². The van der Waals surface area contributed by atoms with E-state index in [0.717, 1.165) is 11.1 Å². The van der Waals surface area contributed by atoms with Gasteiger partial charge in [-0.2, -0.15) is 4.31 Å². The molecule has 0 aromatic heterocycles. The molecule has 2 rings (SSSR count). The molecule has 0 fully saturated rings. The van der Waals surface area contributed by atoms with Gasteiger partial charge in [0.15, 0.2) is 0 Å². The van der Waals surface area contributed by atoms with Gasteiger partial charge in [-0.3, -0.25) is 4.79 Å². The fourth-order valence-corrected chi connectivity index (χ4v) is 4.70. The van der Waals surface area contributed by atoms with Crippen LogP contribution in [0.15, 0.2) is 24.3 Å². The number of fused-ring (bicyclic) bond motifs is 1. The van der Waals surface area contributed by atoms with E-state index < -0.39 is 22.0 Å². The number of rotatable bonds is 5. The normalized spacial score (nSPS) is 20.8. The zero-order chi connectivity index (χ0) is 15.6. The second kappa shape index (κ2) is 6.34. The topological polar surface area (TPSA) is 80.5 Å². The molecule has 0 aliphatic carbocycles. The fourth-order valence-electron chi connectivity index (χ4n) is 2.53. The number of benzene rings is 1. The van der Waals surface area contributed by atoms with Crippen molar-refractivity contribution in [1.82, 2.24) is 4.31 Å². The second-order valence-corrected chi connectivity index (χ2v) is 7.75. The van der Waals surface area contributed by atoms with Crippen LogP contribution in [0.1, 0.15) is 18.1 Å². The van der Waals surface area contributed by atoms with Crippen molar-refractivity contribution < 1.29 is 13.2 Å². The molecule has 1 amide bonds. The van der Waals surface area contributed by atoms with Crippen molar-refractivity contribution in [2.75, 3.05) is 11.6 Å². The van der Waals surface area contributed by atoms with Gasteiger partial charge in [0.1, 0.15) is 6.04 Å². The second-order valence-electron chi connectivity index (χ2n) is 5.47. The van der Waals surface area contributed by atoms with Gasteiger partial charge in [0.25, 0.3) is 0 Å². The van der Waals surface area contributed by atoms with Crippen LogP contribution in [-0.2, 0) is 27.8 Å². The third kappa shape index (κ3) is 3.56. The average Bonchev–Trinajstić information content (AvgIpc) is 2.45. The third-order valence-electron chi connectivity index (χ3n) is 3.65. The smallest absolute Gasteiger partial charge is 0.236 e. The van der Waals surface area contributed by atoms with Gasteiger partial charge in [-0.1, -0.05) is 31.2 Å². The van der Waals surface area contributed by atoms with Crippen LogP contribution in [0.4, 0.5) is 0 Å². The Balaban J connectivity index is 2.35. The lowest BCUT2D eigenvalue weighted by atomic mass is 9.96. The van der Waals surface area contributed by atoms with Crippen molar-refractivity contribution in [3.63, 3.8) is 0 Å². The van der Waals surface area contributed by atoms with Gasteiger partial charge in [-0.05, 0) is 23.5 Å².